The van der Waals surface area contributed by atoms with Gasteiger partial charge in [0.2, 0.25) is 0 Å². The van der Waals surface area contributed by atoms with E-state index in [-0.39, 0.29) is 6.03 Å². The molecule has 6 nitrogen and oxygen atoms in total. The van der Waals surface area contributed by atoms with Crippen molar-refractivity contribution in [2.75, 3.05) is 0 Å². The third-order valence-corrected chi connectivity index (χ3v) is 4.75. The van der Waals surface area contributed by atoms with Gasteiger partial charge < -0.3 is 15.1 Å². The van der Waals surface area contributed by atoms with Crippen LogP contribution in [0.1, 0.15) is 10.6 Å². The molecule has 26 heavy (non-hydrogen) atoms. The van der Waals surface area contributed by atoms with E-state index in [2.05, 4.69) is 20.6 Å². The van der Waals surface area contributed by atoms with Crippen molar-refractivity contribution in [1.82, 2.24) is 20.6 Å². The molecule has 0 spiro atoms. The predicted molar refractivity (Wildman–Crippen MR) is 101 cm³/mol. The molecule has 3 heterocycles. The highest BCUT2D eigenvalue weighted by Gasteiger charge is 2.07. The summed E-state index contributed by atoms with van der Waals surface area (Å²) in [5, 5.41) is 9.54. The van der Waals surface area contributed by atoms with Gasteiger partial charge in [-0.1, -0.05) is 12.1 Å². The van der Waals surface area contributed by atoms with Crippen LogP contribution in [0.2, 0.25) is 0 Å². The van der Waals surface area contributed by atoms with Crippen LogP contribution in [0, 0.1) is 0 Å². The fraction of sp³-hybridized carbons (Fsp3) is 0.105. The van der Waals surface area contributed by atoms with Crippen molar-refractivity contribution in [2.45, 2.75) is 13.1 Å². The third kappa shape index (κ3) is 3.73. The van der Waals surface area contributed by atoms with Gasteiger partial charge in [-0.25, -0.2) is 9.78 Å². The number of nitrogens with one attached hydrogen (secondary N) is 2. The van der Waals surface area contributed by atoms with Crippen LogP contribution in [-0.2, 0) is 13.1 Å². The first-order chi connectivity index (χ1) is 12.8. The molecule has 4 rings (SSSR count). The molecule has 7 heteroatoms. The van der Waals surface area contributed by atoms with Crippen molar-refractivity contribution >= 4 is 28.3 Å². The Balaban J connectivity index is 1.29. The molecule has 3 aromatic heterocycles. The van der Waals surface area contributed by atoms with Gasteiger partial charge in [-0.05, 0) is 29.8 Å². The van der Waals surface area contributed by atoms with Gasteiger partial charge in [0.1, 0.15) is 10.6 Å². The van der Waals surface area contributed by atoms with Crippen LogP contribution in [0.4, 0.5) is 4.79 Å². The van der Waals surface area contributed by atoms with Gasteiger partial charge in [-0.2, -0.15) is 0 Å². The Morgan fingerprint density at radius 1 is 1.08 bits per heavy atom. The lowest BCUT2D eigenvalue weighted by Crippen LogP contribution is -2.34. The van der Waals surface area contributed by atoms with E-state index >= 15 is 0 Å². The molecule has 0 radical (unpaired) electrons. The topological polar surface area (TPSA) is 80.0 Å². The largest absolute Gasteiger partial charge is 0.464 e. The van der Waals surface area contributed by atoms with Crippen LogP contribution in [0.25, 0.3) is 22.2 Å². The van der Waals surface area contributed by atoms with Crippen LogP contribution in [0.5, 0.6) is 0 Å². The number of pyridine rings is 1. The number of aromatic nitrogens is 2. The lowest BCUT2D eigenvalue weighted by molar-refractivity contribution is 0.240. The number of amides is 2. The summed E-state index contributed by atoms with van der Waals surface area (Å²) in [4.78, 5) is 20.5. The number of benzene rings is 1. The molecular weight excluding hydrogens is 348 g/mol. The average molecular weight is 364 g/mol. The van der Waals surface area contributed by atoms with E-state index in [9.17, 15) is 4.79 Å². The van der Waals surface area contributed by atoms with Gasteiger partial charge in [0.15, 0.2) is 0 Å². The zero-order valence-corrected chi connectivity index (χ0v) is 14.6. The van der Waals surface area contributed by atoms with Crippen molar-refractivity contribution in [2.24, 2.45) is 0 Å². The quantitative estimate of drug-likeness (QED) is 0.562. The smallest absolute Gasteiger partial charge is 0.315 e. The average Bonchev–Trinajstić information content (AvgIpc) is 3.34. The SMILES string of the molecule is O=C(NCc1ccc2ccoc2c1)NCc1nc(-c2ccncc2)cs1. The number of nitrogens with zero attached hydrogens (tertiary/aromatic N) is 2. The van der Waals surface area contributed by atoms with Crippen molar-refractivity contribution in [1.29, 1.82) is 0 Å². The summed E-state index contributed by atoms with van der Waals surface area (Å²) in [6, 6.07) is 11.4. The number of hydrogen-bond acceptors (Lipinski definition) is 5. The molecule has 1 aromatic carbocycles. The monoisotopic (exact) mass is 364 g/mol. The minimum atomic E-state index is -0.231. The number of furan rings is 1. The molecule has 0 aliphatic rings. The zero-order chi connectivity index (χ0) is 17.8. The molecule has 0 aliphatic heterocycles. The lowest BCUT2D eigenvalue weighted by atomic mass is 10.2. The summed E-state index contributed by atoms with van der Waals surface area (Å²) in [5.74, 6) is 0. The number of hydrogen-bond donors (Lipinski definition) is 2. The second-order valence-corrected chi connectivity index (χ2v) is 6.63. The summed E-state index contributed by atoms with van der Waals surface area (Å²) in [5.41, 5.74) is 3.70. The van der Waals surface area contributed by atoms with E-state index in [1.807, 2.05) is 41.8 Å². The summed E-state index contributed by atoms with van der Waals surface area (Å²) in [6.07, 6.45) is 5.13. The molecule has 0 saturated carbocycles. The normalized spacial score (nSPS) is 10.8. The molecule has 0 atom stereocenters. The lowest BCUT2D eigenvalue weighted by Gasteiger charge is -2.06. The fourth-order valence-electron chi connectivity index (χ4n) is 2.56. The molecule has 4 aromatic rings. The first-order valence-electron chi connectivity index (χ1n) is 8.10. The zero-order valence-electron chi connectivity index (χ0n) is 13.8. The van der Waals surface area contributed by atoms with Crippen molar-refractivity contribution in [3.8, 4) is 11.3 Å². The highest BCUT2D eigenvalue weighted by Crippen LogP contribution is 2.21. The summed E-state index contributed by atoms with van der Waals surface area (Å²) in [7, 11) is 0. The molecule has 0 fully saturated rings. The van der Waals surface area contributed by atoms with Gasteiger partial charge >= 0.3 is 6.03 Å². The first kappa shape index (κ1) is 16.3. The van der Waals surface area contributed by atoms with Gasteiger partial charge in [0.05, 0.1) is 18.5 Å². The van der Waals surface area contributed by atoms with Crippen LogP contribution >= 0.6 is 11.3 Å². The summed E-state index contributed by atoms with van der Waals surface area (Å²) in [6.45, 7) is 0.821. The summed E-state index contributed by atoms with van der Waals surface area (Å²) < 4.78 is 5.37. The number of carbonyl (C=O) groups excluding carboxylic acids is 1. The molecule has 2 N–H and O–H groups in total. The highest BCUT2D eigenvalue weighted by atomic mass is 32.1. The van der Waals surface area contributed by atoms with E-state index in [0.717, 1.165) is 32.8 Å². The van der Waals surface area contributed by atoms with Crippen LogP contribution < -0.4 is 10.6 Å². The van der Waals surface area contributed by atoms with E-state index in [4.69, 9.17) is 4.42 Å². The predicted octanol–water partition coefficient (Wildman–Crippen LogP) is 3.95. The van der Waals surface area contributed by atoms with Crippen LogP contribution in [0.15, 0.2) is 64.9 Å². The van der Waals surface area contributed by atoms with Crippen molar-refractivity contribution in [3.05, 3.63) is 71.0 Å². The molecule has 0 unspecified atom stereocenters. The maximum atomic E-state index is 12.0. The van der Waals surface area contributed by atoms with Gasteiger partial charge in [-0.15, -0.1) is 11.3 Å². The molecular formula is C19H16N4O2S. The number of rotatable bonds is 5. The number of thiazole rings is 1. The van der Waals surface area contributed by atoms with Crippen molar-refractivity contribution in [3.63, 3.8) is 0 Å². The van der Waals surface area contributed by atoms with Gasteiger partial charge in [-0.3, -0.25) is 4.98 Å². The van der Waals surface area contributed by atoms with Gasteiger partial charge in [0, 0.05) is 35.3 Å². The highest BCUT2D eigenvalue weighted by molar-refractivity contribution is 7.09. The maximum Gasteiger partial charge on any atom is 0.315 e. The molecule has 0 saturated heterocycles. The Hall–Kier alpha value is -3.19. The van der Waals surface area contributed by atoms with Crippen LogP contribution in [0.3, 0.4) is 0 Å². The Morgan fingerprint density at radius 3 is 2.81 bits per heavy atom. The molecule has 0 aliphatic carbocycles. The Bertz CT molecular complexity index is 1030. The second kappa shape index (κ2) is 7.37. The van der Waals surface area contributed by atoms with Crippen molar-refractivity contribution < 1.29 is 9.21 Å². The molecule has 2 amide bonds. The number of carbonyl (C=O) groups is 1. The number of fused-ring (bicyclic) bond motifs is 1. The van der Waals surface area contributed by atoms with E-state index in [1.54, 1.807) is 18.7 Å². The van der Waals surface area contributed by atoms with Gasteiger partial charge in [0.25, 0.3) is 0 Å². The fourth-order valence-corrected chi connectivity index (χ4v) is 3.30. The molecule has 0 bridgehead atoms. The second-order valence-electron chi connectivity index (χ2n) is 5.69. The Labute approximate surface area is 153 Å². The molecule has 130 valence electrons. The first-order valence-corrected chi connectivity index (χ1v) is 8.98. The Kier molecular flexibility index (Phi) is 4.61. The van der Waals surface area contributed by atoms with E-state index < -0.39 is 0 Å². The standard InChI is InChI=1S/C19H16N4O2S/c24-19(21-10-13-1-2-15-5-8-25-17(15)9-13)22-11-18-23-16(12-26-18)14-3-6-20-7-4-14/h1-9,12H,10-11H2,(H2,21,22,24). The Morgan fingerprint density at radius 2 is 1.92 bits per heavy atom. The van der Waals surface area contributed by atoms with Crippen LogP contribution in [-0.4, -0.2) is 16.0 Å². The maximum absolute atomic E-state index is 12.0. The summed E-state index contributed by atoms with van der Waals surface area (Å²) >= 11 is 1.52. The van der Waals surface area contributed by atoms with E-state index in [0.29, 0.717) is 13.1 Å². The minimum absolute atomic E-state index is 0.231. The minimum Gasteiger partial charge on any atom is -0.464 e. The van der Waals surface area contributed by atoms with E-state index in [1.165, 1.54) is 11.3 Å². The third-order valence-electron chi connectivity index (χ3n) is 3.90. The number of urea groups is 1.